The molecule has 96 valence electrons. The van der Waals surface area contributed by atoms with Gasteiger partial charge in [0.1, 0.15) is 5.78 Å². The van der Waals surface area contributed by atoms with Crippen molar-refractivity contribution in [1.82, 2.24) is 9.78 Å². The molecule has 0 aliphatic heterocycles. The molecule has 0 aliphatic rings. The third kappa shape index (κ3) is 3.16. The SMILES string of the molecule is Cc1nn(C)c(CC(=O)C(CN)C(C)C)c1Br. The van der Waals surface area contributed by atoms with E-state index in [9.17, 15) is 4.79 Å². The predicted molar refractivity (Wildman–Crippen MR) is 71.7 cm³/mol. The molecule has 1 aromatic heterocycles. The summed E-state index contributed by atoms with van der Waals surface area (Å²) in [6.07, 6.45) is 0.387. The summed E-state index contributed by atoms with van der Waals surface area (Å²) in [5.74, 6) is 0.393. The summed E-state index contributed by atoms with van der Waals surface area (Å²) in [6.45, 7) is 6.38. The lowest BCUT2D eigenvalue weighted by molar-refractivity contribution is -0.123. The van der Waals surface area contributed by atoms with Gasteiger partial charge in [0, 0.05) is 25.9 Å². The molecule has 1 unspecified atom stereocenters. The van der Waals surface area contributed by atoms with Gasteiger partial charge in [-0.15, -0.1) is 0 Å². The monoisotopic (exact) mass is 301 g/mol. The van der Waals surface area contributed by atoms with Crippen LogP contribution in [0.25, 0.3) is 0 Å². The number of nitrogens with two attached hydrogens (primary N) is 1. The number of ketones is 1. The molecule has 0 spiro atoms. The standard InChI is InChI=1S/C12H20BrN3O/c1-7(2)9(6-14)11(17)5-10-12(13)8(3)15-16(10)4/h7,9H,5-6,14H2,1-4H3. The molecule has 1 aromatic rings. The van der Waals surface area contributed by atoms with Crippen LogP contribution < -0.4 is 5.73 Å². The van der Waals surface area contributed by atoms with Crippen LogP contribution in [0.5, 0.6) is 0 Å². The molecular formula is C12H20BrN3O. The molecule has 0 amide bonds. The lowest BCUT2D eigenvalue weighted by atomic mass is 9.89. The van der Waals surface area contributed by atoms with Gasteiger partial charge in [-0.1, -0.05) is 13.8 Å². The van der Waals surface area contributed by atoms with E-state index in [4.69, 9.17) is 5.73 Å². The number of aryl methyl sites for hydroxylation is 2. The molecule has 0 radical (unpaired) electrons. The van der Waals surface area contributed by atoms with E-state index in [0.717, 1.165) is 15.9 Å². The summed E-state index contributed by atoms with van der Waals surface area (Å²) in [4.78, 5) is 12.2. The van der Waals surface area contributed by atoms with Crippen molar-refractivity contribution in [3.8, 4) is 0 Å². The van der Waals surface area contributed by atoms with Gasteiger partial charge in [-0.25, -0.2) is 0 Å². The Morgan fingerprint density at radius 1 is 1.53 bits per heavy atom. The molecule has 2 N–H and O–H groups in total. The van der Waals surface area contributed by atoms with Gasteiger partial charge in [0.15, 0.2) is 0 Å². The van der Waals surface area contributed by atoms with E-state index in [1.54, 1.807) is 4.68 Å². The molecule has 1 rings (SSSR count). The van der Waals surface area contributed by atoms with E-state index < -0.39 is 0 Å². The first-order valence-electron chi connectivity index (χ1n) is 5.79. The fraction of sp³-hybridized carbons (Fsp3) is 0.667. The topological polar surface area (TPSA) is 60.9 Å². The minimum Gasteiger partial charge on any atom is -0.330 e. The van der Waals surface area contributed by atoms with Crippen molar-refractivity contribution in [3.05, 3.63) is 15.9 Å². The molecule has 4 nitrogen and oxygen atoms in total. The third-order valence-electron chi connectivity index (χ3n) is 3.08. The highest BCUT2D eigenvalue weighted by Crippen LogP contribution is 2.22. The van der Waals surface area contributed by atoms with Gasteiger partial charge in [0.05, 0.1) is 15.9 Å². The molecule has 0 saturated carbocycles. The Bertz CT molecular complexity index is 412. The van der Waals surface area contributed by atoms with Gasteiger partial charge >= 0.3 is 0 Å². The number of rotatable bonds is 5. The van der Waals surface area contributed by atoms with Gasteiger partial charge in [0.2, 0.25) is 0 Å². The molecule has 0 aromatic carbocycles. The number of hydrogen-bond donors (Lipinski definition) is 1. The number of Topliss-reactive ketones (excluding diaryl/α,β-unsaturated/α-hetero) is 1. The molecule has 0 bridgehead atoms. The van der Waals surface area contributed by atoms with Crippen LogP contribution in [-0.2, 0) is 18.3 Å². The van der Waals surface area contributed by atoms with Crippen LogP contribution in [0.3, 0.4) is 0 Å². The molecule has 17 heavy (non-hydrogen) atoms. The van der Waals surface area contributed by atoms with Crippen LogP contribution in [0.1, 0.15) is 25.2 Å². The number of aromatic nitrogens is 2. The minimum absolute atomic E-state index is 0.0721. The molecule has 0 fully saturated rings. The summed E-state index contributed by atoms with van der Waals surface area (Å²) >= 11 is 3.47. The zero-order valence-corrected chi connectivity index (χ0v) is 12.4. The van der Waals surface area contributed by atoms with Gasteiger partial charge in [-0.3, -0.25) is 9.48 Å². The maximum atomic E-state index is 12.2. The Hall–Kier alpha value is -0.680. The summed E-state index contributed by atoms with van der Waals surface area (Å²) in [6, 6.07) is 0. The highest BCUT2D eigenvalue weighted by atomic mass is 79.9. The average molecular weight is 302 g/mol. The van der Waals surface area contributed by atoms with Crippen LogP contribution in [0.15, 0.2) is 4.47 Å². The van der Waals surface area contributed by atoms with E-state index in [1.807, 2.05) is 27.8 Å². The van der Waals surface area contributed by atoms with E-state index >= 15 is 0 Å². The van der Waals surface area contributed by atoms with Crippen molar-refractivity contribution < 1.29 is 4.79 Å². The van der Waals surface area contributed by atoms with Crippen LogP contribution in [0.4, 0.5) is 0 Å². The van der Waals surface area contributed by atoms with E-state index in [-0.39, 0.29) is 17.6 Å². The van der Waals surface area contributed by atoms with Crippen molar-refractivity contribution in [2.24, 2.45) is 24.6 Å². The summed E-state index contributed by atoms with van der Waals surface area (Å²) in [5, 5.41) is 4.28. The number of carbonyl (C=O) groups excluding carboxylic acids is 1. The largest absolute Gasteiger partial charge is 0.330 e. The van der Waals surface area contributed by atoms with Gasteiger partial charge < -0.3 is 5.73 Å². The number of halogens is 1. The van der Waals surface area contributed by atoms with Crippen LogP contribution in [0.2, 0.25) is 0 Å². The fourth-order valence-electron chi connectivity index (χ4n) is 1.94. The smallest absolute Gasteiger partial charge is 0.143 e. The zero-order valence-electron chi connectivity index (χ0n) is 10.8. The molecule has 0 saturated heterocycles. The van der Waals surface area contributed by atoms with Gasteiger partial charge in [-0.2, -0.15) is 5.10 Å². The van der Waals surface area contributed by atoms with Crippen LogP contribution >= 0.6 is 15.9 Å². The molecule has 5 heteroatoms. The molecule has 1 atom stereocenters. The van der Waals surface area contributed by atoms with Crippen molar-refractivity contribution in [3.63, 3.8) is 0 Å². The Morgan fingerprint density at radius 3 is 2.47 bits per heavy atom. The Morgan fingerprint density at radius 2 is 2.12 bits per heavy atom. The van der Waals surface area contributed by atoms with E-state index in [1.165, 1.54) is 0 Å². The normalized spacial score (nSPS) is 13.1. The molecule has 0 aliphatic carbocycles. The maximum absolute atomic E-state index is 12.2. The summed E-state index contributed by atoms with van der Waals surface area (Å²) < 4.78 is 2.68. The summed E-state index contributed by atoms with van der Waals surface area (Å²) in [5.41, 5.74) is 7.48. The number of carbonyl (C=O) groups is 1. The minimum atomic E-state index is -0.0721. The number of hydrogen-bond acceptors (Lipinski definition) is 3. The van der Waals surface area contributed by atoms with E-state index in [2.05, 4.69) is 21.0 Å². The van der Waals surface area contributed by atoms with Crippen molar-refractivity contribution in [2.75, 3.05) is 6.54 Å². The fourth-order valence-corrected chi connectivity index (χ4v) is 2.42. The Kier molecular flexibility index (Phi) is 4.89. The lowest BCUT2D eigenvalue weighted by Crippen LogP contribution is -2.30. The highest BCUT2D eigenvalue weighted by Gasteiger charge is 2.23. The Labute approximate surface area is 111 Å². The van der Waals surface area contributed by atoms with Crippen molar-refractivity contribution in [1.29, 1.82) is 0 Å². The number of nitrogens with zero attached hydrogens (tertiary/aromatic N) is 2. The first-order valence-corrected chi connectivity index (χ1v) is 6.58. The second-order valence-electron chi connectivity index (χ2n) is 4.70. The second-order valence-corrected chi connectivity index (χ2v) is 5.49. The van der Waals surface area contributed by atoms with Crippen LogP contribution in [-0.4, -0.2) is 22.1 Å². The van der Waals surface area contributed by atoms with E-state index in [0.29, 0.717) is 13.0 Å². The predicted octanol–water partition coefficient (Wildman–Crippen LogP) is 1.83. The quantitative estimate of drug-likeness (QED) is 0.902. The van der Waals surface area contributed by atoms with Gasteiger partial charge in [0.25, 0.3) is 0 Å². The first-order chi connectivity index (χ1) is 7.88. The molecule has 1 heterocycles. The van der Waals surface area contributed by atoms with Crippen LogP contribution in [0, 0.1) is 18.8 Å². The lowest BCUT2D eigenvalue weighted by Gasteiger charge is -2.17. The Balaban J connectivity index is 2.87. The zero-order chi connectivity index (χ0) is 13.2. The van der Waals surface area contributed by atoms with Crippen molar-refractivity contribution >= 4 is 21.7 Å². The average Bonchev–Trinajstić information content (AvgIpc) is 2.45. The van der Waals surface area contributed by atoms with Gasteiger partial charge in [-0.05, 0) is 28.8 Å². The highest BCUT2D eigenvalue weighted by molar-refractivity contribution is 9.10. The first kappa shape index (κ1) is 14.4. The maximum Gasteiger partial charge on any atom is 0.143 e. The second kappa shape index (κ2) is 5.78. The van der Waals surface area contributed by atoms with Crippen molar-refractivity contribution in [2.45, 2.75) is 27.2 Å². The third-order valence-corrected chi connectivity index (χ3v) is 4.11. The molecular weight excluding hydrogens is 282 g/mol. The summed E-state index contributed by atoms with van der Waals surface area (Å²) in [7, 11) is 1.85.